The lowest BCUT2D eigenvalue weighted by Gasteiger charge is -2.07. The van der Waals surface area contributed by atoms with Gasteiger partial charge in [0.1, 0.15) is 5.75 Å². The average Bonchev–Trinajstić information content (AvgIpc) is 2.36. The van der Waals surface area contributed by atoms with Crippen molar-refractivity contribution in [2.75, 3.05) is 6.61 Å². The predicted octanol–water partition coefficient (Wildman–Crippen LogP) is 4.91. The molecule has 0 saturated carbocycles. The maximum absolute atomic E-state index is 11.9. The molecule has 0 spiro atoms. The van der Waals surface area contributed by atoms with Gasteiger partial charge >= 0.3 is 0 Å². The third kappa shape index (κ3) is 3.87. The molecule has 0 amide bonds. The van der Waals surface area contributed by atoms with E-state index < -0.39 is 0 Å². The third-order valence-corrected chi connectivity index (χ3v) is 3.18. The molecule has 0 aliphatic rings. The largest absolute Gasteiger partial charge is 0.485 e. The minimum atomic E-state index is -0.221. The Morgan fingerprint density at radius 3 is 2.42 bits per heavy atom. The smallest absolute Gasteiger partial charge is 0.201 e. The lowest BCUT2D eigenvalue weighted by molar-refractivity contribution is 0.0921. The van der Waals surface area contributed by atoms with Gasteiger partial charge in [0.05, 0.1) is 5.02 Å². The van der Waals surface area contributed by atoms with Crippen LogP contribution in [0.15, 0.2) is 42.5 Å². The maximum atomic E-state index is 11.9. The highest BCUT2D eigenvalue weighted by Gasteiger charge is 2.11. The summed E-state index contributed by atoms with van der Waals surface area (Å²) in [6.07, 6.45) is 0. The van der Waals surface area contributed by atoms with Crippen LogP contribution in [0.25, 0.3) is 0 Å². The van der Waals surface area contributed by atoms with E-state index in [0.29, 0.717) is 26.4 Å². The van der Waals surface area contributed by atoms with Crippen LogP contribution in [0.2, 0.25) is 15.1 Å². The number of carbonyl (C=O) groups is 1. The molecular weight excluding hydrogens is 307 g/mol. The van der Waals surface area contributed by atoms with Crippen LogP contribution in [0.4, 0.5) is 0 Å². The fourth-order valence-corrected chi connectivity index (χ4v) is 2.19. The monoisotopic (exact) mass is 314 g/mol. The lowest BCUT2D eigenvalue weighted by atomic mass is 10.1. The van der Waals surface area contributed by atoms with Gasteiger partial charge in [-0.3, -0.25) is 4.79 Å². The van der Waals surface area contributed by atoms with E-state index in [1.807, 2.05) is 0 Å². The third-order valence-electron chi connectivity index (χ3n) is 2.40. The number of rotatable bonds is 4. The molecule has 2 rings (SSSR count). The van der Waals surface area contributed by atoms with E-state index in [9.17, 15) is 4.79 Å². The normalized spacial score (nSPS) is 10.3. The number of hydrogen-bond acceptors (Lipinski definition) is 2. The summed E-state index contributed by atoms with van der Waals surface area (Å²) in [6, 6.07) is 11.6. The Kier molecular flexibility index (Phi) is 4.70. The molecule has 0 unspecified atom stereocenters. The Balaban J connectivity index is 2.05. The molecule has 0 atom stereocenters. The van der Waals surface area contributed by atoms with E-state index in [2.05, 4.69) is 0 Å². The van der Waals surface area contributed by atoms with Crippen LogP contribution < -0.4 is 4.74 Å². The van der Waals surface area contributed by atoms with Gasteiger partial charge in [-0.1, -0.05) is 40.9 Å². The van der Waals surface area contributed by atoms with Crippen LogP contribution in [0, 0.1) is 0 Å². The van der Waals surface area contributed by atoms with Crippen molar-refractivity contribution in [2.45, 2.75) is 0 Å². The summed E-state index contributed by atoms with van der Waals surface area (Å²) in [7, 11) is 0. The minimum absolute atomic E-state index is 0.109. The molecule has 5 heteroatoms. The zero-order valence-corrected chi connectivity index (χ0v) is 12.0. The summed E-state index contributed by atoms with van der Waals surface area (Å²) in [6.45, 7) is -0.109. The van der Waals surface area contributed by atoms with Gasteiger partial charge in [-0.2, -0.15) is 0 Å². The molecule has 2 aromatic rings. The van der Waals surface area contributed by atoms with Crippen LogP contribution in [-0.4, -0.2) is 12.4 Å². The second-order valence-corrected chi connectivity index (χ2v) is 5.07. The van der Waals surface area contributed by atoms with Gasteiger partial charge in [0, 0.05) is 15.6 Å². The number of Topliss-reactive ketones (excluding diaryl/α,β-unsaturated/α-hetero) is 1. The maximum Gasteiger partial charge on any atom is 0.201 e. The molecule has 0 fully saturated rings. The van der Waals surface area contributed by atoms with E-state index in [0.717, 1.165) is 0 Å². The Hall–Kier alpha value is -1.22. The number of ketones is 1. The number of hydrogen-bond donors (Lipinski definition) is 0. The van der Waals surface area contributed by atoms with Crippen molar-refractivity contribution in [3.8, 4) is 5.75 Å². The number of halogens is 3. The van der Waals surface area contributed by atoms with Crippen LogP contribution in [0.5, 0.6) is 5.75 Å². The van der Waals surface area contributed by atoms with Crippen molar-refractivity contribution < 1.29 is 9.53 Å². The summed E-state index contributed by atoms with van der Waals surface area (Å²) in [4.78, 5) is 11.9. The van der Waals surface area contributed by atoms with Gasteiger partial charge in [-0.05, 0) is 36.4 Å². The molecule has 0 bridgehead atoms. The van der Waals surface area contributed by atoms with Crippen LogP contribution in [-0.2, 0) is 0 Å². The highest BCUT2D eigenvalue weighted by atomic mass is 35.5. The molecular formula is C14H9Cl3O2. The summed E-state index contributed by atoms with van der Waals surface area (Å²) < 4.78 is 5.36. The van der Waals surface area contributed by atoms with Crippen molar-refractivity contribution in [2.24, 2.45) is 0 Å². The summed E-state index contributed by atoms with van der Waals surface area (Å²) >= 11 is 17.5. The topological polar surface area (TPSA) is 26.3 Å². The fraction of sp³-hybridized carbons (Fsp3) is 0.0714. The molecule has 19 heavy (non-hydrogen) atoms. The molecule has 0 radical (unpaired) electrons. The van der Waals surface area contributed by atoms with Gasteiger partial charge in [0.25, 0.3) is 0 Å². The Morgan fingerprint density at radius 1 is 1.00 bits per heavy atom. The van der Waals surface area contributed by atoms with Crippen molar-refractivity contribution in [3.05, 3.63) is 63.1 Å². The Morgan fingerprint density at radius 2 is 1.74 bits per heavy atom. The summed E-state index contributed by atoms with van der Waals surface area (Å²) in [5.41, 5.74) is 0.382. The second-order valence-electron chi connectivity index (χ2n) is 3.79. The predicted molar refractivity (Wildman–Crippen MR) is 77.7 cm³/mol. The molecule has 0 aliphatic carbocycles. The number of carbonyl (C=O) groups excluding carboxylic acids is 1. The average molecular weight is 316 g/mol. The SMILES string of the molecule is O=C(COc1cccc(Cl)c1)c1ccc(Cl)cc1Cl. The van der Waals surface area contributed by atoms with E-state index in [1.54, 1.807) is 36.4 Å². The summed E-state index contributed by atoms with van der Waals surface area (Å²) in [5, 5.41) is 1.35. The highest BCUT2D eigenvalue weighted by Crippen LogP contribution is 2.22. The lowest BCUT2D eigenvalue weighted by Crippen LogP contribution is -2.12. The minimum Gasteiger partial charge on any atom is -0.485 e. The zero-order chi connectivity index (χ0) is 13.8. The standard InChI is InChI=1S/C14H9Cl3O2/c15-9-2-1-3-11(6-9)19-8-14(18)12-5-4-10(16)7-13(12)17/h1-7H,8H2. The van der Waals surface area contributed by atoms with Crippen molar-refractivity contribution in [1.82, 2.24) is 0 Å². The van der Waals surface area contributed by atoms with E-state index in [1.165, 1.54) is 6.07 Å². The molecule has 0 saturated heterocycles. The first-order chi connectivity index (χ1) is 9.06. The summed E-state index contributed by atoms with van der Waals surface area (Å²) in [5.74, 6) is 0.313. The zero-order valence-electron chi connectivity index (χ0n) is 9.70. The van der Waals surface area contributed by atoms with Gasteiger partial charge in [0.15, 0.2) is 6.61 Å². The van der Waals surface area contributed by atoms with Crippen molar-refractivity contribution in [3.63, 3.8) is 0 Å². The second kappa shape index (κ2) is 6.29. The number of ether oxygens (including phenoxy) is 1. The fourth-order valence-electron chi connectivity index (χ4n) is 1.50. The molecule has 0 heterocycles. The first-order valence-electron chi connectivity index (χ1n) is 5.43. The van der Waals surface area contributed by atoms with Crippen LogP contribution in [0.3, 0.4) is 0 Å². The van der Waals surface area contributed by atoms with Gasteiger partial charge in [0.2, 0.25) is 5.78 Å². The molecule has 0 aromatic heterocycles. The van der Waals surface area contributed by atoms with Crippen LogP contribution in [0.1, 0.15) is 10.4 Å². The first-order valence-corrected chi connectivity index (χ1v) is 6.56. The van der Waals surface area contributed by atoms with Crippen molar-refractivity contribution in [1.29, 1.82) is 0 Å². The number of benzene rings is 2. The van der Waals surface area contributed by atoms with Gasteiger partial charge < -0.3 is 4.74 Å². The Labute approximate surface area is 125 Å². The van der Waals surface area contributed by atoms with Crippen molar-refractivity contribution >= 4 is 40.6 Å². The van der Waals surface area contributed by atoms with E-state index >= 15 is 0 Å². The first kappa shape index (κ1) is 14.2. The molecule has 0 aliphatic heterocycles. The highest BCUT2D eigenvalue weighted by molar-refractivity contribution is 6.36. The molecule has 98 valence electrons. The van der Waals surface area contributed by atoms with Gasteiger partial charge in [-0.15, -0.1) is 0 Å². The molecule has 2 nitrogen and oxygen atoms in total. The van der Waals surface area contributed by atoms with Crippen LogP contribution >= 0.6 is 34.8 Å². The quantitative estimate of drug-likeness (QED) is 0.749. The van der Waals surface area contributed by atoms with E-state index in [-0.39, 0.29) is 12.4 Å². The van der Waals surface area contributed by atoms with Gasteiger partial charge in [-0.25, -0.2) is 0 Å². The van der Waals surface area contributed by atoms with E-state index in [4.69, 9.17) is 39.5 Å². The molecule has 2 aromatic carbocycles. The molecule has 0 N–H and O–H groups in total. The Bertz CT molecular complexity index is 611.